The van der Waals surface area contributed by atoms with Crippen molar-refractivity contribution in [2.45, 2.75) is 18.0 Å². The molecule has 1 unspecified atom stereocenters. The smallest absolute Gasteiger partial charge is 0.262 e. The van der Waals surface area contributed by atoms with Crippen LogP contribution in [0.25, 0.3) is 0 Å². The van der Waals surface area contributed by atoms with Crippen LogP contribution in [-0.2, 0) is 17.1 Å². The van der Waals surface area contributed by atoms with Crippen molar-refractivity contribution in [1.29, 1.82) is 0 Å². The van der Waals surface area contributed by atoms with Gasteiger partial charge in [0, 0.05) is 14.1 Å². The van der Waals surface area contributed by atoms with Crippen LogP contribution in [0.3, 0.4) is 0 Å². The van der Waals surface area contributed by atoms with Crippen LogP contribution in [0.1, 0.15) is 6.92 Å². The lowest BCUT2D eigenvalue weighted by Crippen LogP contribution is -2.43. The lowest BCUT2D eigenvalue weighted by atomic mass is 10.3. The Kier molecular flexibility index (Phi) is 4.13. The number of likely N-dealkylation sites (N-methyl/N-ethyl adjacent to an activating group) is 1. The molecule has 0 aliphatic carbocycles. The number of thiocarbonyl (C=S) groups is 1. The van der Waals surface area contributed by atoms with Gasteiger partial charge in [-0.3, -0.25) is 4.68 Å². The van der Waals surface area contributed by atoms with Gasteiger partial charge in [0.15, 0.2) is 5.03 Å². The fraction of sp³-hybridized carbons (Fsp3) is 0.500. The minimum absolute atomic E-state index is 0.0643. The zero-order chi connectivity index (χ0) is 13.4. The molecule has 1 aromatic heterocycles. The summed E-state index contributed by atoms with van der Waals surface area (Å²) in [5.41, 5.74) is 5.43. The zero-order valence-electron chi connectivity index (χ0n) is 9.58. The second-order valence-electron chi connectivity index (χ2n) is 3.52. The van der Waals surface area contributed by atoms with Gasteiger partial charge in [-0.2, -0.15) is 9.40 Å². The molecule has 0 saturated carbocycles. The van der Waals surface area contributed by atoms with Crippen LogP contribution < -0.4 is 5.73 Å². The standard InChI is InChI=1S/C8H13ClN4O2S2/c1-5(7(10)16)13(3)17(14,15)8-6(9)4-11-12(8)2/h4-5H,1-3H3,(H2,10,16). The molecule has 0 radical (unpaired) electrons. The highest BCUT2D eigenvalue weighted by Crippen LogP contribution is 2.23. The summed E-state index contributed by atoms with van der Waals surface area (Å²) in [4.78, 5) is 0.0920. The predicted octanol–water partition coefficient (Wildman–Crippen LogP) is 0.369. The van der Waals surface area contributed by atoms with Crippen molar-refractivity contribution in [3.63, 3.8) is 0 Å². The largest absolute Gasteiger partial charge is 0.392 e. The van der Waals surface area contributed by atoms with Gasteiger partial charge in [0.05, 0.1) is 22.2 Å². The van der Waals surface area contributed by atoms with Crippen molar-refractivity contribution >= 4 is 38.8 Å². The minimum atomic E-state index is -3.77. The summed E-state index contributed by atoms with van der Waals surface area (Å²) >= 11 is 10.6. The van der Waals surface area contributed by atoms with Crippen LogP contribution >= 0.6 is 23.8 Å². The first-order valence-corrected chi connectivity index (χ1v) is 6.87. The molecule has 2 N–H and O–H groups in total. The van der Waals surface area contributed by atoms with Gasteiger partial charge in [-0.15, -0.1) is 0 Å². The molecule has 0 aliphatic rings. The number of nitrogens with two attached hydrogens (primary N) is 1. The Morgan fingerprint density at radius 2 is 2.24 bits per heavy atom. The van der Waals surface area contributed by atoms with E-state index in [1.807, 2.05) is 0 Å². The molecule has 0 saturated heterocycles. The molecule has 0 amide bonds. The minimum Gasteiger partial charge on any atom is -0.392 e. The molecular weight excluding hydrogens is 284 g/mol. The van der Waals surface area contributed by atoms with E-state index in [0.29, 0.717) is 0 Å². The van der Waals surface area contributed by atoms with Crippen LogP contribution in [0, 0.1) is 0 Å². The van der Waals surface area contributed by atoms with E-state index in [9.17, 15) is 8.42 Å². The number of halogens is 1. The molecule has 6 nitrogen and oxygen atoms in total. The fourth-order valence-electron chi connectivity index (χ4n) is 1.21. The summed E-state index contributed by atoms with van der Waals surface area (Å²) in [5, 5.41) is 3.77. The lowest BCUT2D eigenvalue weighted by Gasteiger charge is -2.23. The van der Waals surface area contributed by atoms with E-state index >= 15 is 0 Å². The Balaban J connectivity index is 3.26. The topological polar surface area (TPSA) is 81.2 Å². The SMILES string of the molecule is CC(C(N)=S)N(C)S(=O)(=O)c1c(Cl)cnn1C. The summed E-state index contributed by atoms with van der Waals surface area (Å²) in [6, 6.07) is -0.596. The molecule has 0 fully saturated rings. The lowest BCUT2D eigenvalue weighted by molar-refractivity contribution is 0.443. The molecule has 17 heavy (non-hydrogen) atoms. The van der Waals surface area contributed by atoms with Crippen molar-refractivity contribution in [1.82, 2.24) is 14.1 Å². The van der Waals surface area contributed by atoms with Crippen LogP contribution in [0.2, 0.25) is 5.02 Å². The normalized spacial score (nSPS) is 13.9. The van der Waals surface area contributed by atoms with Crippen LogP contribution in [0.4, 0.5) is 0 Å². The van der Waals surface area contributed by atoms with Gasteiger partial charge in [-0.05, 0) is 6.92 Å². The molecule has 1 rings (SSSR count). The zero-order valence-corrected chi connectivity index (χ0v) is 12.0. The van der Waals surface area contributed by atoms with E-state index in [2.05, 4.69) is 5.10 Å². The molecule has 1 atom stereocenters. The quantitative estimate of drug-likeness (QED) is 0.812. The number of hydrogen-bond acceptors (Lipinski definition) is 4. The first-order chi connectivity index (χ1) is 7.69. The third kappa shape index (κ3) is 2.59. The Morgan fingerprint density at radius 1 is 1.71 bits per heavy atom. The second-order valence-corrected chi connectivity index (χ2v) is 6.31. The first-order valence-electron chi connectivity index (χ1n) is 4.64. The number of sulfonamides is 1. The molecule has 1 heterocycles. The Bertz CT molecular complexity index is 520. The summed E-state index contributed by atoms with van der Waals surface area (Å²) in [7, 11) is -0.877. The van der Waals surface area contributed by atoms with E-state index < -0.39 is 16.1 Å². The molecule has 0 bridgehead atoms. The van der Waals surface area contributed by atoms with Crippen LogP contribution in [0.15, 0.2) is 11.2 Å². The third-order valence-corrected chi connectivity index (χ3v) is 5.20. The second kappa shape index (κ2) is 4.89. The Morgan fingerprint density at radius 3 is 2.59 bits per heavy atom. The summed E-state index contributed by atoms with van der Waals surface area (Å²) in [5.74, 6) is 0. The van der Waals surface area contributed by atoms with E-state index in [0.717, 1.165) is 4.31 Å². The number of rotatable bonds is 4. The average Bonchev–Trinajstić information content (AvgIpc) is 2.56. The third-order valence-electron chi connectivity index (χ3n) is 2.42. The molecule has 0 spiro atoms. The Hall–Kier alpha value is -0.700. The number of hydrogen-bond donors (Lipinski definition) is 1. The van der Waals surface area contributed by atoms with Gasteiger partial charge < -0.3 is 5.73 Å². The van der Waals surface area contributed by atoms with Crippen molar-refractivity contribution in [3.05, 3.63) is 11.2 Å². The molecule has 0 aromatic carbocycles. The van der Waals surface area contributed by atoms with E-state index in [1.54, 1.807) is 6.92 Å². The van der Waals surface area contributed by atoms with Gasteiger partial charge >= 0.3 is 0 Å². The molecule has 9 heteroatoms. The summed E-state index contributed by atoms with van der Waals surface area (Å²) in [6.07, 6.45) is 1.27. The van der Waals surface area contributed by atoms with Gasteiger partial charge in [0.1, 0.15) is 0 Å². The van der Waals surface area contributed by atoms with Gasteiger partial charge in [0.2, 0.25) is 0 Å². The maximum absolute atomic E-state index is 12.2. The van der Waals surface area contributed by atoms with Gasteiger partial charge in [0.25, 0.3) is 10.0 Å². The van der Waals surface area contributed by atoms with Crippen molar-refractivity contribution in [3.8, 4) is 0 Å². The fourth-order valence-corrected chi connectivity index (χ4v) is 3.38. The summed E-state index contributed by atoms with van der Waals surface area (Å²) < 4.78 is 26.8. The van der Waals surface area contributed by atoms with E-state index in [1.165, 1.54) is 25.0 Å². The van der Waals surface area contributed by atoms with Gasteiger partial charge in [-0.25, -0.2) is 8.42 Å². The first kappa shape index (κ1) is 14.4. The van der Waals surface area contributed by atoms with Crippen molar-refractivity contribution in [2.75, 3.05) is 7.05 Å². The molecule has 96 valence electrons. The molecular formula is C8H13ClN4O2S2. The highest BCUT2D eigenvalue weighted by Gasteiger charge is 2.31. The highest BCUT2D eigenvalue weighted by molar-refractivity contribution is 7.89. The Labute approximate surface area is 110 Å². The summed E-state index contributed by atoms with van der Waals surface area (Å²) in [6.45, 7) is 1.60. The van der Waals surface area contributed by atoms with Gasteiger partial charge in [-0.1, -0.05) is 23.8 Å². The molecule has 1 aromatic rings. The predicted molar refractivity (Wildman–Crippen MR) is 69.4 cm³/mol. The molecule has 0 aliphatic heterocycles. The maximum atomic E-state index is 12.2. The monoisotopic (exact) mass is 296 g/mol. The van der Waals surface area contributed by atoms with E-state index in [-0.39, 0.29) is 15.0 Å². The van der Waals surface area contributed by atoms with Crippen LogP contribution in [0.5, 0.6) is 0 Å². The maximum Gasteiger partial charge on any atom is 0.262 e. The van der Waals surface area contributed by atoms with Crippen molar-refractivity contribution < 1.29 is 8.42 Å². The van der Waals surface area contributed by atoms with Crippen LogP contribution in [-0.4, -0.2) is 40.6 Å². The number of aryl methyl sites for hydroxylation is 1. The number of nitrogens with zero attached hydrogens (tertiary/aromatic N) is 3. The highest BCUT2D eigenvalue weighted by atomic mass is 35.5. The van der Waals surface area contributed by atoms with E-state index in [4.69, 9.17) is 29.6 Å². The average molecular weight is 297 g/mol. The number of aromatic nitrogens is 2. The van der Waals surface area contributed by atoms with Crippen molar-refractivity contribution in [2.24, 2.45) is 12.8 Å².